The first-order valence-corrected chi connectivity index (χ1v) is 12.2. The van der Waals surface area contributed by atoms with Gasteiger partial charge in [0.05, 0.1) is 12.3 Å². The van der Waals surface area contributed by atoms with Gasteiger partial charge in [0.15, 0.2) is 22.1 Å². The highest BCUT2D eigenvalue weighted by atomic mass is 79.9. The lowest BCUT2D eigenvalue weighted by molar-refractivity contribution is -0.245. The smallest absolute Gasteiger partial charge is 0.756 e. The molecule has 2 N–H and O–H groups in total. The van der Waals surface area contributed by atoms with Gasteiger partial charge in [-0.05, 0) is 34.5 Å². The third-order valence-electron chi connectivity index (χ3n) is 5.75. The second-order valence-corrected chi connectivity index (χ2v) is 10.0. The summed E-state index contributed by atoms with van der Waals surface area (Å²) in [4.78, 5) is 36.8. The number of nitrogens with one attached hydrogen (secondary N) is 1. The van der Waals surface area contributed by atoms with E-state index in [0.29, 0.717) is 5.69 Å². The van der Waals surface area contributed by atoms with Crippen molar-refractivity contribution in [2.24, 2.45) is 0 Å². The van der Waals surface area contributed by atoms with Crippen LogP contribution < -0.4 is 10.5 Å². The number of phosphoric ester groups is 1. The predicted molar refractivity (Wildman–Crippen MR) is 116 cm³/mol. The Morgan fingerprint density at radius 3 is 3.00 bits per heavy atom. The monoisotopic (exact) mass is 537 g/mol. The van der Waals surface area contributed by atoms with Crippen LogP contribution in [0, 0.1) is 6.92 Å². The fourth-order valence-electron chi connectivity index (χ4n) is 4.23. The highest BCUT2D eigenvalue weighted by Crippen LogP contribution is 2.50. The van der Waals surface area contributed by atoms with Gasteiger partial charge in [0, 0.05) is 6.20 Å². The van der Waals surface area contributed by atoms with Crippen LogP contribution in [-0.4, -0.2) is 53.9 Å². The number of halogens is 1. The summed E-state index contributed by atoms with van der Waals surface area (Å²) in [7, 11) is -4.53. The molecule has 12 nitrogen and oxygen atoms in total. The molecule has 0 saturated carbocycles. The number of aromatic nitrogens is 5. The number of rotatable bonds is 2. The van der Waals surface area contributed by atoms with Gasteiger partial charge < -0.3 is 28.8 Å². The molecule has 2 fully saturated rings. The number of fused-ring (bicyclic) bond motifs is 3. The van der Waals surface area contributed by atoms with Crippen molar-refractivity contribution in [1.29, 1.82) is 0 Å². The van der Waals surface area contributed by atoms with Crippen LogP contribution >= 0.6 is 23.8 Å². The van der Waals surface area contributed by atoms with E-state index in [4.69, 9.17) is 9.26 Å². The molecule has 1 aromatic carbocycles. The number of aliphatic hydroxyl groups is 1. The van der Waals surface area contributed by atoms with E-state index >= 15 is 0 Å². The Bertz CT molecular complexity index is 1540. The average molecular weight is 538 g/mol. The number of benzene rings is 1. The predicted octanol–water partition coefficient (Wildman–Crippen LogP) is 1.36. The Balaban J connectivity index is 0.00000241. The summed E-state index contributed by atoms with van der Waals surface area (Å²) >= 11 is 3.30. The Morgan fingerprint density at radius 1 is 1.39 bits per heavy atom. The highest BCUT2D eigenvalue weighted by molar-refractivity contribution is 9.10. The maximum Gasteiger partial charge on any atom is 1.00 e. The van der Waals surface area contributed by atoms with Gasteiger partial charge in [-0.3, -0.25) is 13.9 Å². The Hall–Kier alpha value is -2.38. The van der Waals surface area contributed by atoms with E-state index in [2.05, 4.69) is 35.4 Å². The number of phosphoric acid groups is 1. The standard InChI is InChI=1S/C19H17BrN5O7P/c1-8-3-2-4-9(5-8)10-6-24-16(27)12-15(23-19(24)21-10)25(18(20)22-12)17-13(26)14-11(31-17)7-30-33(28,29)32-14/h2-6,11,13-14,17,26H,7H2,1H3,(H,21,23)(H,28,29)/t11?,13?,14-,17-/m1/s1. The summed E-state index contributed by atoms with van der Waals surface area (Å²) in [5, 5.41) is 10.8. The minimum atomic E-state index is -4.53. The summed E-state index contributed by atoms with van der Waals surface area (Å²) in [6.45, 7) is 1.68. The lowest BCUT2D eigenvalue weighted by Gasteiger charge is -2.34. The number of H-pyrrole nitrogens is 1. The number of hydrogen-bond donors (Lipinski definition) is 2. The molecule has 14 heteroatoms. The second-order valence-electron chi connectivity index (χ2n) is 7.94. The zero-order valence-electron chi connectivity index (χ0n) is 17.9. The number of ether oxygens (including phenoxy) is 1. The molecule has 0 amide bonds. The molecule has 0 spiro atoms. The number of nitrogens with zero attached hydrogens (tertiary/aromatic N) is 4. The molecule has 5 heterocycles. The topological polar surface area (TPSA) is 156 Å². The van der Waals surface area contributed by atoms with E-state index in [1.807, 2.05) is 31.2 Å². The van der Waals surface area contributed by atoms with Crippen molar-refractivity contribution in [2.45, 2.75) is 31.5 Å². The van der Waals surface area contributed by atoms with Crippen LogP contribution in [-0.2, 0) is 18.3 Å². The lowest BCUT2D eigenvalue weighted by atomic mass is 10.1. The number of aliphatic hydroxyl groups excluding tert-OH is 1. The molecule has 0 radical (unpaired) electrons. The fraction of sp³-hybridized carbons (Fsp3) is 0.316. The summed E-state index contributed by atoms with van der Waals surface area (Å²) in [6.07, 6.45) is -2.81. The maximum atomic E-state index is 13.2. The Morgan fingerprint density at radius 2 is 2.21 bits per heavy atom. The SMILES string of the molecule is Cc1cccc(-c2cn3c(=O)c4nc(Br)n([C@@H]5OC6COP(=O)([O-])O[C@H]6C5O)c4nc3[nH]2)c1.[H+]. The van der Waals surface area contributed by atoms with Crippen molar-refractivity contribution < 1.29 is 29.8 Å². The van der Waals surface area contributed by atoms with E-state index in [9.17, 15) is 19.4 Å². The third-order valence-corrected chi connectivity index (χ3v) is 7.28. The van der Waals surface area contributed by atoms with Gasteiger partial charge in [0.2, 0.25) is 5.78 Å². The van der Waals surface area contributed by atoms with Gasteiger partial charge in [-0.15, -0.1) is 0 Å². The van der Waals surface area contributed by atoms with E-state index in [-0.39, 0.29) is 29.7 Å². The lowest BCUT2D eigenvalue weighted by Crippen LogP contribution is -2.41. The minimum absolute atomic E-state index is 0. The zero-order chi connectivity index (χ0) is 23.1. The zero-order valence-corrected chi connectivity index (χ0v) is 19.4. The van der Waals surface area contributed by atoms with Crippen molar-refractivity contribution in [2.75, 3.05) is 6.61 Å². The van der Waals surface area contributed by atoms with Crippen LogP contribution in [0.3, 0.4) is 0 Å². The van der Waals surface area contributed by atoms with Crippen molar-refractivity contribution >= 4 is 40.7 Å². The summed E-state index contributed by atoms with van der Waals surface area (Å²) in [5.41, 5.74) is 2.43. The van der Waals surface area contributed by atoms with Crippen molar-refractivity contribution in [3.05, 3.63) is 51.1 Å². The molecule has 5 atom stereocenters. The van der Waals surface area contributed by atoms with E-state index in [1.54, 1.807) is 6.20 Å². The quantitative estimate of drug-likeness (QED) is 0.284. The van der Waals surface area contributed by atoms with Gasteiger partial charge in [0.1, 0.15) is 18.3 Å². The number of aryl methyl sites for hydroxylation is 1. The fourth-order valence-corrected chi connectivity index (χ4v) is 5.72. The highest BCUT2D eigenvalue weighted by Gasteiger charge is 2.51. The first-order chi connectivity index (χ1) is 15.7. The van der Waals surface area contributed by atoms with Gasteiger partial charge >= 0.3 is 1.43 Å². The van der Waals surface area contributed by atoms with Crippen LogP contribution in [0.15, 0.2) is 40.0 Å². The molecule has 3 unspecified atom stereocenters. The molecule has 172 valence electrons. The maximum absolute atomic E-state index is 13.2. The van der Waals surface area contributed by atoms with E-state index in [0.717, 1.165) is 11.1 Å². The second kappa shape index (κ2) is 7.31. The summed E-state index contributed by atoms with van der Waals surface area (Å²) < 4.78 is 30.0. The Kier molecular flexibility index (Phi) is 4.69. The first kappa shape index (κ1) is 21.2. The van der Waals surface area contributed by atoms with Gasteiger partial charge in [0.25, 0.3) is 13.4 Å². The molecule has 2 aliphatic heterocycles. The van der Waals surface area contributed by atoms with Crippen LogP contribution in [0.4, 0.5) is 0 Å². The van der Waals surface area contributed by atoms with E-state index in [1.165, 1.54) is 8.97 Å². The number of hydrogen-bond acceptors (Lipinski definition) is 9. The molecule has 6 rings (SSSR count). The molecule has 33 heavy (non-hydrogen) atoms. The molecular formula is C19H17BrN5O7P. The number of imidazole rings is 2. The Labute approximate surface area is 195 Å². The van der Waals surface area contributed by atoms with Crippen molar-refractivity contribution in [3.8, 4) is 11.3 Å². The van der Waals surface area contributed by atoms with Crippen LogP contribution in [0.2, 0.25) is 0 Å². The minimum Gasteiger partial charge on any atom is -0.756 e. The molecular weight excluding hydrogens is 521 g/mol. The molecule has 2 aliphatic rings. The van der Waals surface area contributed by atoms with Gasteiger partial charge in [-0.25, -0.2) is 9.38 Å². The van der Waals surface area contributed by atoms with Crippen LogP contribution in [0.5, 0.6) is 0 Å². The molecule has 2 saturated heterocycles. The van der Waals surface area contributed by atoms with Crippen molar-refractivity contribution in [1.82, 2.24) is 23.9 Å². The third kappa shape index (κ3) is 3.31. The van der Waals surface area contributed by atoms with E-state index < -0.39 is 37.9 Å². The van der Waals surface area contributed by atoms with Crippen molar-refractivity contribution in [3.63, 3.8) is 0 Å². The average Bonchev–Trinajstić information content (AvgIpc) is 3.42. The van der Waals surface area contributed by atoms with Gasteiger partial charge in [-0.2, -0.15) is 4.98 Å². The van der Waals surface area contributed by atoms with Crippen LogP contribution in [0.25, 0.3) is 28.2 Å². The summed E-state index contributed by atoms with van der Waals surface area (Å²) in [5.74, 6) is 0.270. The first-order valence-electron chi connectivity index (χ1n) is 9.95. The summed E-state index contributed by atoms with van der Waals surface area (Å²) in [6, 6.07) is 7.78. The number of aromatic amines is 1. The van der Waals surface area contributed by atoms with Gasteiger partial charge in [-0.1, -0.05) is 23.8 Å². The molecule has 3 aromatic heterocycles. The van der Waals surface area contributed by atoms with Crippen LogP contribution in [0.1, 0.15) is 13.2 Å². The largest absolute Gasteiger partial charge is 1.00 e. The molecule has 0 aliphatic carbocycles. The normalized spacial score (nSPS) is 29.7. The molecule has 4 aromatic rings. The molecule has 0 bridgehead atoms.